The molecule has 0 radical (unpaired) electrons. The third kappa shape index (κ3) is 7.81. The van der Waals surface area contributed by atoms with Crippen LogP contribution in [0.2, 0.25) is 5.02 Å². The number of alkyl halides is 3. The quantitative estimate of drug-likeness (QED) is 0.161. The van der Waals surface area contributed by atoms with Gasteiger partial charge in [-0.25, -0.2) is 10.2 Å². The lowest BCUT2D eigenvalue weighted by molar-refractivity contribution is -0.137. The molecule has 1 aromatic heterocycles. The van der Waals surface area contributed by atoms with Crippen LogP contribution in [0.1, 0.15) is 27.2 Å². The van der Waals surface area contributed by atoms with Gasteiger partial charge in [0, 0.05) is 23.6 Å². The molecule has 1 heterocycles. The van der Waals surface area contributed by atoms with Gasteiger partial charge in [-0.2, -0.15) is 18.3 Å². The van der Waals surface area contributed by atoms with Crippen LogP contribution in [0.3, 0.4) is 0 Å². The number of urea groups is 1. The highest BCUT2D eigenvalue weighted by Gasteiger charge is 2.33. The van der Waals surface area contributed by atoms with Gasteiger partial charge in [0.15, 0.2) is 0 Å². The minimum absolute atomic E-state index is 0.0763. The van der Waals surface area contributed by atoms with Gasteiger partial charge in [-0.05, 0) is 61.0 Å². The van der Waals surface area contributed by atoms with E-state index in [0.29, 0.717) is 17.2 Å². The molecule has 0 aliphatic heterocycles. The summed E-state index contributed by atoms with van der Waals surface area (Å²) < 4.78 is 44.9. The first-order valence-electron chi connectivity index (χ1n) is 11.7. The lowest BCUT2D eigenvalue weighted by atomic mass is 10.2. The Morgan fingerprint density at radius 2 is 1.57 bits per heavy atom. The zero-order valence-electron chi connectivity index (χ0n) is 20.8. The predicted molar refractivity (Wildman–Crippen MR) is 146 cm³/mol. The summed E-state index contributed by atoms with van der Waals surface area (Å²) in [6.07, 6.45) is -1.73. The van der Waals surface area contributed by atoms with Crippen molar-refractivity contribution in [2.45, 2.75) is 13.1 Å². The molecule has 3 N–H and O–H groups in total. The normalized spacial score (nSPS) is 11.2. The smallest absolute Gasteiger partial charge is 0.417 e. The third-order valence-corrected chi connectivity index (χ3v) is 5.63. The molecule has 0 aliphatic carbocycles. The molecule has 4 rings (SSSR count). The van der Waals surface area contributed by atoms with E-state index in [1.54, 1.807) is 18.2 Å². The number of hydrazone groups is 1. The fourth-order valence-electron chi connectivity index (χ4n) is 3.33. The van der Waals surface area contributed by atoms with Crippen molar-refractivity contribution in [1.29, 1.82) is 0 Å². The molecule has 204 valence electrons. The lowest BCUT2D eigenvalue weighted by Gasteiger charge is -2.12. The van der Waals surface area contributed by atoms with Gasteiger partial charge in [0.25, 0.3) is 5.91 Å². The van der Waals surface area contributed by atoms with Crippen molar-refractivity contribution in [2.75, 3.05) is 10.6 Å². The number of pyridine rings is 1. The first kappa shape index (κ1) is 28.1. The molecule has 4 aromatic rings. The molecule has 0 unspecified atom stereocenters. The molecule has 0 bridgehead atoms. The molecule has 0 saturated heterocycles. The number of nitrogens with one attached hydrogen (secondary N) is 3. The number of rotatable bonds is 7. The number of carbonyl (C=O) groups is 2. The van der Waals surface area contributed by atoms with Crippen LogP contribution < -0.4 is 20.8 Å². The van der Waals surface area contributed by atoms with Crippen LogP contribution in [0.25, 0.3) is 0 Å². The standard InChI is InChI=1S/C28H21ClF3N5O3/c1-17-2-4-18(5-3-17)16-34-37-26(38)25-15-22(12-13-33-25)40-21-9-6-19(7-10-21)35-27(39)36-20-8-11-24(29)23(14-20)28(30,31)32/h2-16H,1H3,(H,37,38)(H2,35,36,39). The second-order valence-corrected chi connectivity index (χ2v) is 8.79. The number of aromatic nitrogens is 1. The number of hydrogen-bond acceptors (Lipinski definition) is 5. The largest absolute Gasteiger partial charge is 0.457 e. The average Bonchev–Trinajstić information content (AvgIpc) is 2.91. The van der Waals surface area contributed by atoms with Crippen LogP contribution in [-0.2, 0) is 6.18 Å². The molecule has 0 spiro atoms. The van der Waals surface area contributed by atoms with E-state index in [0.717, 1.165) is 23.3 Å². The number of aryl methyl sites for hydroxylation is 1. The Balaban J connectivity index is 1.32. The molecule has 0 saturated carbocycles. The first-order valence-corrected chi connectivity index (χ1v) is 12.0. The van der Waals surface area contributed by atoms with E-state index >= 15 is 0 Å². The Hall–Kier alpha value is -4.90. The van der Waals surface area contributed by atoms with Gasteiger partial charge in [-0.3, -0.25) is 9.78 Å². The Morgan fingerprint density at radius 1 is 0.900 bits per heavy atom. The van der Waals surface area contributed by atoms with Gasteiger partial charge in [0.2, 0.25) is 0 Å². The summed E-state index contributed by atoms with van der Waals surface area (Å²) in [6.45, 7) is 1.97. The molecule has 3 aromatic carbocycles. The molecule has 0 fully saturated rings. The summed E-state index contributed by atoms with van der Waals surface area (Å²) in [5.74, 6) is 0.208. The Morgan fingerprint density at radius 3 is 2.27 bits per heavy atom. The van der Waals surface area contributed by atoms with Gasteiger partial charge >= 0.3 is 12.2 Å². The van der Waals surface area contributed by atoms with Crippen LogP contribution in [0, 0.1) is 6.92 Å². The molecule has 12 heteroatoms. The fourth-order valence-corrected chi connectivity index (χ4v) is 3.55. The predicted octanol–water partition coefficient (Wildman–Crippen LogP) is 7.26. The van der Waals surface area contributed by atoms with E-state index in [1.807, 2.05) is 31.2 Å². The fraction of sp³-hybridized carbons (Fsp3) is 0.0714. The first-order chi connectivity index (χ1) is 19.1. The second-order valence-electron chi connectivity index (χ2n) is 8.38. The van der Waals surface area contributed by atoms with Crippen LogP contribution in [0.5, 0.6) is 11.5 Å². The Bertz CT molecular complexity index is 1540. The number of nitrogens with zero attached hydrogens (tertiary/aromatic N) is 2. The average molecular weight is 568 g/mol. The lowest BCUT2D eigenvalue weighted by Crippen LogP contribution is -2.19. The number of ether oxygens (including phenoxy) is 1. The number of halogens is 4. The van der Waals surface area contributed by atoms with Crippen molar-refractivity contribution in [2.24, 2.45) is 5.10 Å². The maximum atomic E-state index is 13.0. The summed E-state index contributed by atoms with van der Waals surface area (Å²) in [5.41, 5.74) is 3.66. The van der Waals surface area contributed by atoms with E-state index in [-0.39, 0.29) is 11.4 Å². The number of amides is 3. The Labute approximate surface area is 231 Å². The van der Waals surface area contributed by atoms with Crippen molar-refractivity contribution < 1.29 is 27.5 Å². The maximum absolute atomic E-state index is 13.0. The number of anilines is 2. The summed E-state index contributed by atoms with van der Waals surface area (Å²) in [6, 6.07) is 19.1. The zero-order valence-corrected chi connectivity index (χ0v) is 21.5. The van der Waals surface area contributed by atoms with E-state index in [9.17, 15) is 22.8 Å². The summed E-state index contributed by atoms with van der Waals surface area (Å²) in [5, 5.41) is 8.32. The number of hydrogen-bond donors (Lipinski definition) is 3. The van der Waals surface area contributed by atoms with E-state index in [4.69, 9.17) is 16.3 Å². The summed E-state index contributed by atoms with van der Waals surface area (Å²) in [4.78, 5) is 28.7. The molecular weight excluding hydrogens is 547 g/mol. The zero-order chi connectivity index (χ0) is 28.7. The monoisotopic (exact) mass is 567 g/mol. The molecular formula is C28H21ClF3N5O3. The Kier molecular flexibility index (Phi) is 8.65. The van der Waals surface area contributed by atoms with Gasteiger partial charge in [0.1, 0.15) is 17.2 Å². The molecule has 0 atom stereocenters. The highest BCUT2D eigenvalue weighted by Crippen LogP contribution is 2.36. The second kappa shape index (κ2) is 12.3. The number of benzene rings is 3. The minimum atomic E-state index is -4.66. The highest BCUT2D eigenvalue weighted by molar-refractivity contribution is 6.31. The van der Waals surface area contributed by atoms with E-state index < -0.39 is 28.7 Å². The maximum Gasteiger partial charge on any atom is 0.417 e. The van der Waals surface area contributed by atoms with Gasteiger partial charge < -0.3 is 15.4 Å². The van der Waals surface area contributed by atoms with Crippen LogP contribution in [0.4, 0.5) is 29.3 Å². The minimum Gasteiger partial charge on any atom is -0.457 e. The SMILES string of the molecule is Cc1ccc(C=NNC(=O)c2cc(Oc3ccc(NC(=O)Nc4ccc(Cl)c(C(F)(F)F)c4)cc3)ccn2)cc1. The molecule has 3 amide bonds. The van der Waals surface area contributed by atoms with E-state index in [2.05, 4.69) is 26.1 Å². The van der Waals surface area contributed by atoms with Gasteiger partial charge in [0.05, 0.1) is 16.8 Å². The third-order valence-electron chi connectivity index (χ3n) is 5.30. The molecule has 8 nitrogen and oxygen atoms in total. The van der Waals surface area contributed by atoms with Crippen LogP contribution in [-0.4, -0.2) is 23.1 Å². The van der Waals surface area contributed by atoms with Crippen molar-refractivity contribution in [3.8, 4) is 11.5 Å². The van der Waals surface area contributed by atoms with E-state index in [1.165, 1.54) is 36.7 Å². The molecule has 40 heavy (non-hydrogen) atoms. The topological polar surface area (TPSA) is 105 Å². The van der Waals surface area contributed by atoms with Crippen molar-refractivity contribution in [3.63, 3.8) is 0 Å². The highest BCUT2D eigenvalue weighted by atomic mass is 35.5. The van der Waals surface area contributed by atoms with Crippen LogP contribution >= 0.6 is 11.6 Å². The summed E-state index contributed by atoms with van der Waals surface area (Å²) in [7, 11) is 0. The van der Waals surface area contributed by atoms with Gasteiger partial charge in [-0.1, -0.05) is 41.4 Å². The van der Waals surface area contributed by atoms with Crippen molar-refractivity contribution >= 4 is 41.1 Å². The summed E-state index contributed by atoms with van der Waals surface area (Å²) >= 11 is 5.60. The van der Waals surface area contributed by atoms with Crippen LogP contribution in [0.15, 0.2) is 90.2 Å². The molecule has 0 aliphatic rings. The van der Waals surface area contributed by atoms with Crippen molar-refractivity contribution in [3.05, 3.63) is 112 Å². The van der Waals surface area contributed by atoms with Gasteiger partial charge in [-0.15, -0.1) is 0 Å². The van der Waals surface area contributed by atoms with Crippen molar-refractivity contribution in [1.82, 2.24) is 10.4 Å². The number of carbonyl (C=O) groups excluding carboxylic acids is 2.